The second-order valence-corrected chi connectivity index (χ2v) is 5.91. The molecule has 0 aromatic carbocycles. The van der Waals surface area contributed by atoms with Gasteiger partial charge in [-0.1, -0.05) is 27.2 Å². The molecule has 0 radical (unpaired) electrons. The van der Waals surface area contributed by atoms with Crippen LogP contribution in [0.2, 0.25) is 0 Å². The number of nitrogens with zero attached hydrogens (tertiary/aromatic N) is 1. The molecule has 1 aliphatic rings. The van der Waals surface area contributed by atoms with Gasteiger partial charge in [-0.15, -0.1) is 0 Å². The summed E-state index contributed by atoms with van der Waals surface area (Å²) in [4.78, 5) is 2.63. The Hall–Kier alpha value is -0.0800. The molecule has 1 rings (SSSR count). The predicted molar refractivity (Wildman–Crippen MR) is 71.8 cm³/mol. The van der Waals surface area contributed by atoms with Crippen molar-refractivity contribution >= 4 is 0 Å². The first-order chi connectivity index (χ1) is 7.59. The average molecular weight is 226 g/mol. The van der Waals surface area contributed by atoms with Crippen LogP contribution in [0.3, 0.4) is 0 Å². The van der Waals surface area contributed by atoms with Gasteiger partial charge in [-0.25, -0.2) is 0 Å². The van der Waals surface area contributed by atoms with Gasteiger partial charge in [0.1, 0.15) is 0 Å². The maximum atomic E-state index is 3.64. The van der Waals surface area contributed by atoms with Crippen molar-refractivity contribution in [3.05, 3.63) is 0 Å². The highest BCUT2D eigenvalue weighted by atomic mass is 15.1. The average Bonchev–Trinajstić information content (AvgIpc) is 2.27. The van der Waals surface area contributed by atoms with Gasteiger partial charge in [-0.3, -0.25) is 0 Å². The van der Waals surface area contributed by atoms with Gasteiger partial charge in [0, 0.05) is 12.6 Å². The molecule has 1 saturated heterocycles. The van der Waals surface area contributed by atoms with E-state index in [1.807, 2.05) is 0 Å². The molecular weight excluding hydrogens is 196 g/mol. The Morgan fingerprint density at radius 3 is 2.19 bits per heavy atom. The maximum Gasteiger partial charge on any atom is 0.00618 e. The fraction of sp³-hybridized carbons (Fsp3) is 1.00. The number of hydrogen-bond acceptors (Lipinski definition) is 2. The van der Waals surface area contributed by atoms with Crippen LogP contribution in [0, 0.1) is 11.8 Å². The van der Waals surface area contributed by atoms with Crippen LogP contribution in [-0.4, -0.2) is 37.1 Å². The Kier molecular flexibility index (Phi) is 6.37. The Bertz CT molecular complexity index is 174. The molecule has 1 fully saturated rings. The van der Waals surface area contributed by atoms with Crippen LogP contribution in [0.5, 0.6) is 0 Å². The lowest BCUT2D eigenvalue weighted by Crippen LogP contribution is -2.39. The molecular formula is C14H30N2. The van der Waals surface area contributed by atoms with Crippen LogP contribution in [-0.2, 0) is 0 Å². The first-order valence-corrected chi connectivity index (χ1v) is 7.05. The summed E-state index contributed by atoms with van der Waals surface area (Å²) in [5.41, 5.74) is 0. The topological polar surface area (TPSA) is 15.3 Å². The van der Waals surface area contributed by atoms with Crippen molar-refractivity contribution in [2.75, 3.05) is 26.2 Å². The van der Waals surface area contributed by atoms with E-state index in [0.717, 1.165) is 18.4 Å². The molecule has 16 heavy (non-hydrogen) atoms. The molecule has 2 heteroatoms. The van der Waals surface area contributed by atoms with Crippen molar-refractivity contribution in [2.24, 2.45) is 11.8 Å². The van der Waals surface area contributed by atoms with Crippen LogP contribution >= 0.6 is 0 Å². The Labute approximate surface area is 102 Å². The SMILES string of the molecule is CC(CNC(C)C(C)C)CN1CCCCC1. The molecule has 0 spiro atoms. The lowest BCUT2D eigenvalue weighted by molar-refractivity contribution is 0.196. The van der Waals surface area contributed by atoms with Crippen LogP contribution in [0.4, 0.5) is 0 Å². The quantitative estimate of drug-likeness (QED) is 0.749. The molecule has 1 aliphatic heterocycles. The fourth-order valence-corrected chi connectivity index (χ4v) is 2.27. The van der Waals surface area contributed by atoms with Crippen molar-refractivity contribution in [2.45, 2.75) is 53.0 Å². The van der Waals surface area contributed by atoms with E-state index in [4.69, 9.17) is 0 Å². The molecule has 1 heterocycles. The van der Waals surface area contributed by atoms with Crippen molar-refractivity contribution < 1.29 is 0 Å². The van der Waals surface area contributed by atoms with Gasteiger partial charge >= 0.3 is 0 Å². The van der Waals surface area contributed by atoms with E-state index in [0.29, 0.717) is 6.04 Å². The van der Waals surface area contributed by atoms with Crippen LogP contribution < -0.4 is 5.32 Å². The minimum atomic E-state index is 0.642. The molecule has 0 aromatic rings. The zero-order chi connectivity index (χ0) is 12.0. The number of likely N-dealkylation sites (tertiary alicyclic amines) is 1. The van der Waals surface area contributed by atoms with Gasteiger partial charge in [0.15, 0.2) is 0 Å². The molecule has 0 saturated carbocycles. The van der Waals surface area contributed by atoms with E-state index in [2.05, 4.69) is 37.9 Å². The molecule has 2 nitrogen and oxygen atoms in total. The maximum absolute atomic E-state index is 3.64. The zero-order valence-corrected chi connectivity index (χ0v) is 11.6. The molecule has 2 atom stereocenters. The zero-order valence-electron chi connectivity index (χ0n) is 11.6. The molecule has 0 aromatic heterocycles. The summed E-state index contributed by atoms with van der Waals surface area (Å²) < 4.78 is 0. The normalized spacial score (nSPS) is 22.3. The standard InChI is InChI=1S/C14H30N2/c1-12(2)14(4)15-10-13(3)11-16-8-6-5-7-9-16/h12-15H,5-11H2,1-4H3. The summed E-state index contributed by atoms with van der Waals surface area (Å²) in [5, 5.41) is 3.64. The van der Waals surface area contributed by atoms with Crippen molar-refractivity contribution in [3.63, 3.8) is 0 Å². The molecule has 0 bridgehead atoms. The predicted octanol–water partition coefficient (Wildman–Crippen LogP) is 2.74. The van der Waals surface area contributed by atoms with E-state index in [-0.39, 0.29) is 0 Å². The van der Waals surface area contributed by atoms with E-state index >= 15 is 0 Å². The summed E-state index contributed by atoms with van der Waals surface area (Å²) in [6.45, 7) is 14.3. The lowest BCUT2D eigenvalue weighted by Gasteiger charge is -2.30. The van der Waals surface area contributed by atoms with Crippen LogP contribution in [0.25, 0.3) is 0 Å². The minimum Gasteiger partial charge on any atom is -0.314 e. The lowest BCUT2D eigenvalue weighted by atomic mass is 10.0. The van der Waals surface area contributed by atoms with Gasteiger partial charge in [0.05, 0.1) is 0 Å². The first kappa shape index (κ1) is 14.0. The summed E-state index contributed by atoms with van der Waals surface area (Å²) in [6, 6.07) is 0.642. The van der Waals surface area contributed by atoms with E-state index in [1.165, 1.54) is 38.9 Å². The monoisotopic (exact) mass is 226 g/mol. The minimum absolute atomic E-state index is 0.642. The van der Waals surface area contributed by atoms with Crippen LogP contribution in [0.15, 0.2) is 0 Å². The molecule has 0 aliphatic carbocycles. The van der Waals surface area contributed by atoms with Gasteiger partial charge in [-0.05, 0) is 51.2 Å². The van der Waals surface area contributed by atoms with Crippen molar-refractivity contribution in [3.8, 4) is 0 Å². The molecule has 1 N–H and O–H groups in total. The molecule has 0 amide bonds. The van der Waals surface area contributed by atoms with Gasteiger partial charge < -0.3 is 10.2 Å². The highest BCUT2D eigenvalue weighted by Crippen LogP contribution is 2.11. The first-order valence-electron chi connectivity index (χ1n) is 7.05. The third-order valence-corrected chi connectivity index (χ3v) is 3.81. The highest BCUT2D eigenvalue weighted by Gasteiger charge is 2.14. The number of nitrogens with one attached hydrogen (secondary N) is 1. The summed E-state index contributed by atoms with van der Waals surface area (Å²) in [6.07, 6.45) is 4.25. The van der Waals surface area contributed by atoms with Crippen molar-refractivity contribution in [1.29, 1.82) is 0 Å². The third-order valence-electron chi connectivity index (χ3n) is 3.81. The Morgan fingerprint density at radius 1 is 1.00 bits per heavy atom. The Morgan fingerprint density at radius 2 is 1.62 bits per heavy atom. The largest absolute Gasteiger partial charge is 0.314 e. The summed E-state index contributed by atoms with van der Waals surface area (Å²) >= 11 is 0. The Balaban J connectivity index is 2.12. The summed E-state index contributed by atoms with van der Waals surface area (Å²) in [5.74, 6) is 1.52. The van der Waals surface area contributed by atoms with E-state index in [9.17, 15) is 0 Å². The third kappa shape index (κ3) is 5.31. The highest BCUT2D eigenvalue weighted by molar-refractivity contribution is 4.71. The van der Waals surface area contributed by atoms with Gasteiger partial charge in [0.2, 0.25) is 0 Å². The van der Waals surface area contributed by atoms with Crippen LogP contribution in [0.1, 0.15) is 47.0 Å². The fourth-order valence-electron chi connectivity index (χ4n) is 2.27. The number of hydrogen-bond donors (Lipinski definition) is 1. The van der Waals surface area contributed by atoms with Gasteiger partial charge in [0.25, 0.3) is 0 Å². The molecule has 96 valence electrons. The van der Waals surface area contributed by atoms with E-state index < -0.39 is 0 Å². The number of piperidine rings is 1. The van der Waals surface area contributed by atoms with E-state index in [1.54, 1.807) is 0 Å². The smallest absolute Gasteiger partial charge is 0.00618 e. The van der Waals surface area contributed by atoms with Gasteiger partial charge in [-0.2, -0.15) is 0 Å². The molecule has 2 unspecified atom stereocenters. The van der Waals surface area contributed by atoms with Crippen molar-refractivity contribution in [1.82, 2.24) is 10.2 Å². The summed E-state index contributed by atoms with van der Waals surface area (Å²) in [7, 11) is 0. The second kappa shape index (κ2) is 7.29. The number of rotatable bonds is 6. The second-order valence-electron chi connectivity index (χ2n) is 5.91.